The Morgan fingerprint density at radius 3 is 2.24 bits per heavy atom. The summed E-state index contributed by atoms with van der Waals surface area (Å²) in [4.78, 5) is 1.45. The van der Waals surface area contributed by atoms with Crippen LogP contribution < -0.4 is 5.32 Å². The van der Waals surface area contributed by atoms with Crippen molar-refractivity contribution in [3.63, 3.8) is 0 Å². The Bertz CT molecular complexity index is 1010. The van der Waals surface area contributed by atoms with Crippen LogP contribution in [0.5, 0.6) is 0 Å². The van der Waals surface area contributed by atoms with Gasteiger partial charge >= 0.3 is 0 Å². The highest BCUT2D eigenvalue weighted by atomic mass is 32.2. The number of nitrogens with one attached hydrogen (secondary N) is 1. The van der Waals surface area contributed by atoms with Crippen LogP contribution in [0.1, 0.15) is 41.0 Å². The molecule has 0 radical (unpaired) electrons. The molecule has 3 aliphatic rings. The van der Waals surface area contributed by atoms with Gasteiger partial charge in [-0.1, -0.05) is 60.7 Å². The molecule has 0 spiro atoms. The van der Waals surface area contributed by atoms with Crippen molar-refractivity contribution in [1.82, 2.24) is 0 Å². The first kappa shape index (κ1) is 14.0. The van der Waals surface area contributed by atoms with E-state index in [4.69, 9.17) is 0 Å². The van der Waals surface area contributed by atoms with Gasteiger partial charge in [0.25, 0.3) is 0 Å². The lowest BCUT2D eigenvalue weighted by molar-refractivity contribution is 0.410. The third-order valence-electron chi connectivity index (χ3n) is 6.32. The first-order valence-electron chi connectivity index (χ1n) is 8.99. The molecule has 3 aromatic rings. The van der Waals surface area contributed by atoms with E-state index in [1.54, 1.807) is 0 Å². The van der Waals surface area contributed by atoms with E-state index in [1.807, 2.05) is 0 Å². The molecule has 1 nitrogen and oxygen atoms in total. The molecule has 2 aliphatic heterocycles. The van der Waals surface area contributed by atoms with Crippen LogP contribution in [0.3, 0.4) is 0 Å². The second-order valence-corrected chi connectivity index (χ2v) is 8.79. The zero-order chi connectivity index (χ0) is 16.6. The molecule has 1 N–H and O–H groups in total. The number of hydrogen-bond donors (Lipinski definition) is 1. The van der Waals surface area contributed by atoms with Gasteiger partial charge < -0.3 is 5.32 Å². The Kier molecular flexibility index (Phi) is 2.64. The fourth-order valence-electron chi connectivity index (χ4n) is 5.34. The van der Waals surface area contributed by atoms with Crippen LogP contribution in [0.4, 0.5) is 5.69 Å². The highest BCUT2D eigenvalue weighted by Crippen LogP contribution is 2.64. The minimum Gasteiger partial charge on any atom is -0.378 e. The number of rotatable bonds is 0. The van der Waals surface area contributed by atoms with E-state index in [2.05, 4.69) is 96.8 Å². The summed E-state index contributed by atoms with van der Waals surface area (Å²) in [7, 11) is 0. The summed E-state index contributed by atoms with van der Waals surface area (Å²) in [6.45, 7) is 2.43. The third-order valence-corrected chi connectivity index (χ3v) is 7.96. The fourth-order valence-corrected chi connectivity index (χ4v) is 6.97. The number of anilines is 1. The molecule has 3 unspecified atom stereocenters. The quantitative estimate of drug-likeness (QED) is 0.569. The third kappa shape index (κ3) is 1.66. The summed E-state index contributed by atoms with van der Waals surface area (Å²) in [6, 6.07) is 27.0. The van der Waals surface area contributed by atoms with E-state index >= 15 is 0 Å². The van der Waals surface area contributed by atoms with Crippen LogP contribution in [-0.4, -0.2) is 10.8 Å². The highest BCUT2D eigenvalue weighted by Gasteiger charge is 2.58. The molecule has 1 aliphatic carbocycles. The normalized spacial score (nSPS) is 30.5. The number of thioether (sulfide) groups is 1. The SMILES string of the molecule is CC12Nc3ccccc3C1c1ccccc1[C@@H]1c3ccccc3SC12. The molecule has 4 atom stereocenters. The van der Waals surface area contributed by atoms with Crippen molar-refractivity contribution in [1.29, 1.82) is 0 Å². The molecule has 6 rings (SSSR count). The lowest BCUT2D eigenvalue weighted by Gasteiger charge is -2.46. The monoisotopic (exact) mass is 341 g/mol. The molecule has 25 heavy (non-hydrogen) atoms. The molecular formula is C23H19NS. The van der Waals surface area contributed by atoms with Crippen molar-refractivity contribution in [3.8, 4) is 0 Å². The Hall–Kier alpha value is -2.19. The van der Waals surface area contributed by atoms with E-state index in [9.17, 15) is 0 Å². The lowest BCUT2D eigenvalue weighted by atomic mass is 9.64. The second-order valence-electron chi connectivity index (χ2n) is 7.61. The van der Waals surface area contributed by atoms with Crippen molar-refractivity contribution < 1.29 is 0 Å². The van der Waals surface area contributed by atoms with Gasteiger partial charge in [-0.15, -0.1) is 11.8 Å². The molecule has 2 heteroatoms. The molecule has 0 bridgehead atoms. The van der Waals surface area contributed by atoms with E-state index in [-0.39, 0.29) is 5.54 Å². The van der Waals surface area contributed by atoms with Gasteiger partial charge in [0, 0.05) is 27.7 Å². The number of para-hydroxylation sites is 1. The Morgan fingerprint density at radius 1 is 0.760 bits per heavy atom. The molecule has 2 heterocycles. The van der Waals surface area contributed by atoms with Gasteiger partial charge in [0.1, 0.15) is 0 Å². The van der Waals surface area contributed by atoms with Gasteiger partial charge in [-0.2, -0.15) is 0 Å². The van der Waals surface area contributed by atoms with E-state index in [1.165, 1.54) is 32.8 Å². The minimum atomic E-state index is 0.0341. The van der Waals surface area contributed by atoms with Gasteiger partial charge in [0.15, 0.2) is 0 Å². The van der Waals surface area contributed by atoms with Crippen molar-refractivity contribution in [2.75, 3.05) is 5.32 Å². The highest BCUT2D eigenvalue weighted by molar-refractivity contribution is 8.00. The molecule has 0 saturated heterocycles. The van der Waals surface area contributed by atoms with Crippen molar-refractivity contribution in [3.05, 3.63) is 95.1 Å². The van der Waals surface area contributed by atoms with Crippen LogP contribution in [0.2, 0.25) is 0 Å². The largest absolute Gasteiger partial charge is 0.378 e. The smallest absolute Gasteiger partial charge is 0.0586 e. The van der Waals surface area contributed by atoms with Gasteiger partial charge in [-0.25, -0.2) is 0 Å². The standard InChI is InChI=1S/C23H19NS/c1-23-21(16-10-4-6-12-18(16)24-23)15-9-3-2-8-14(15)20-17-11-5-7-13-19(17)25-22(20)23/h2-13,20-22,24H,1H3/t20-,21?,22?,23?/m1/s1. The maximum Gasteiger partial charge on any atom is 0.0586 e. The topological polar surface area (TPSA) is 12.0 Å². The first-order chi connectivity index (χ1) is 12.3. The van der Waals surface area contributed by atoms with Crippen LogP contribution >= 0.6 is 11.8 Å². The number of fused-ring (bicyclic) bond motifs is 10. The Morgan fingerprint density at radius 2 is 1.40 bits per heavy atom. The summed E-state index contributed by atoms with van der Waals surface area (Å²) in [5.41, 5.74) is 7.32. The van der Waals surface area contributed by atoms with Crippen LogP contribution in [0.25, 0.3) is 0 Å². The summed E-state index contributed by atoms with van der Waals surface area (Å²) in [5.74, 6) is 0.892. The molecular weight excluding hydrogens is 322 g/mol. The number of benzene rings is 3. The zero-order valence-electron chi connectivity index (χ0n) is 14.1. The first-order valence-corrected chi connectivity index (χ1v) is 9.87. The fraction of sp³-hybridized carbons (Fsp3) is 0.217. The molecule has 3 aromatic carbocycles. The lowest BCUT2D eigenvalue weighted by Crippen LogP contribution is -2.51. The van der Waals surface area contributed by atoms with Crippen molar-refractivity contribution >= 4 is 17.4 Å². The minimum absolute atomic E-state index is 0.0341. The van der Waals surface area contributed by atoms with Crippen LogP contribution in [0.15, 0.2) is 77.7 Å². The number of hydrogen-bond acceptors (Lipinski definition) is 2. The Labute approximate surface area is 152 Å². The second kappa shape index (κ2) is 4.70. The van der Waals surface area contributed by atoms with Gasteiger partial charge in [0.2, 0.25) is 0 Å². The molecule has 0 aromatic heterocycles. The van der Waals surface area contributed by atoms with Crippen LogP contribution in [-0.2, 0) is 0 Å². The average molecular weight is 341 g/mol. The van der Waals surface area contributed by atoms with E-state index < -0.39 is 0 Å². The van der Waals surface area contributed by atoms with E-state index in [0.29, 0.717) is 17.1 Å². The molecule has 122 valence electrons. The van der Waals surface area contributed by atoms with E-state index in [0.717, 1.165) is 0 Å². The maximum absolute atomic E-state index is 3.94. The predicted octanol–water partition coefficient (Wildman–Crippen LogP) is 5.62. The predicted molar refractivity (Wildman–Crippen MR) is 105 cm³/mol. The Balaban J connectivity index is 1.66. The van der Waals surface area contributed by atoms with Crippen LogP contribution in [0, 0.1) is 0 Å². The van der Waals surface area contributed by atoms with Gasteiger partial charge in [-0.05, 0) is 41.3 Å². The molecule has 0 amide bonds. The summed E-state index contributed by atoms with van der Waals surface area (Å²) >= 11 is 2.07. The van der Waals surface area contributed by atoms with Crippen molar-refractivity contribution in [2.24, 2.45) is 0 Å². The average Bonchev–Trinajstić information content (AvgIpc) is 3.18. The molecule has 0 saturated carbocycles. The van der Waals surface area contributed by atoms with Gasteiger partial charge in [0.05, 0.1) is 5.54 Å². The molecule has 0 fully saturated rings. The summed E-state index contributed by atoms with van der Waals surface area (Å²) in [6.07, 6.45) is 0. The maximum atomic E-state index is 3.94. The summed E-state index contributed by atoms with van der Waals surface area (Å²) in [5, 5.41) is 4.45. The van der Waals surface area contributed by atoms with Gasteiger partial charge in [-0.3, -0.25) is 0 Å². The summed E-state index contributed by atoms with van der Waals surface area (Å²) < 4.78 is 0. The van der Waals surface area contributed by atoms with Crippen molar-refractivity contribution in [2.45, 2.75) is 34.4 Å². The zero-order valence-corrected chi connectivity index (χ0v) is 14.9.